The van der Waals surface area contributed by atoms with Gasteiger partial charge in [0, 0.05) is 17.8 Å². The Morgan fingerprint density at radius 3 is 2.73 bits per heavy atom. The number of nitrogens with one attached hydrogen (secondary N) is 1. The van der Waals surface area contributed by atoms with Crippen molar-refractivity contribution in [2.45, 2.75) is 33.0 Å². The molecule has 4 aromatic rings. The lowest BCUT2D eigenvalue weighted by Crippen LogP contribution is -2.14. The van der Waals surface area contributed by atoms with Crippen molar-refractivity contribution in [3.8, 4) is 5.75 Å². The summed E-state index contributed by atoms with van der Waals surface area (Å²) in [5.74, 6) is 1.73. The van der Waals surface area contributed by atoms with Gasteiger partial charge in [0.15, 0.2) is 0 Å². The smallest absolute Gasteiger partial charge is 0.416 e. The van der Waals surface area contributed by atoms with Crippen LogP contribution in [0.5, 0.6) is 5.75 Å². The number of hydrogen-bond donors (Lipinski definition) is 1. The number of nitrogens with zero attached hydrogens (tertiary/aromatic N) is 3. The van der Waals surface area contributed by atoms with E-state index < -0.39 is 17.8 Å². The fourth-order valence-corrected chi connectivity index (χ4v) is 3.72. The first-order valence-electron chi connectivity index (χ1n) is 9.62. The number of alkyl halides is 3. The van der Waals surface area contributed by atoms with Gasteiger partial charge >= 0.3 is 6.18 Å². The number of halogens is 3. The van der Waals surface area contributed by atoms with Crippen LogP contribution in [0.3, 0.4) is 0 Å². The summed E-state index contributed by atoms with van der Waals surface area (Å²) < 4.78 is 47.5. The molecule has 1 atom stereocenters. The third-order valence-electron chi connectivity index (χ3n) is 5.13. The molecule has 2 heterocycles. The first kappa shape index (κ1) is 20.0. The monoisotopic (exact) mass is 414 g/mol. The molecule has 0 saturated heterocycles. The fourth-order valence-electron chi connectivity index (χ4n) is 3.72. The highest BCUT2D eigenvalue weighted by Crippen LogP contribution is 2.36. The molecule has 0 aliphatic heterocycles. The maximum absolute atomic E-state index is 13.3. The van der Waals surface area contributed by atoms with Gasteiger partial charge in [0.2, 0.25) is 5.78 Å². The number of anilines is 1. The summed E-state index contributed by atoms with van der Waals surface area (Å²) in [5.41, 5.74) is 1.00. The summed E-state index contributed by atoms with van der Waals surface area (Å²) >= 11 is 0. The van der Waals surface area contributed by atoms with Gasteiger partial charge in [0.05, 0.1) is 23.7 Å². The third-order valence-corrected chi connectivity index (χ3v) is 5.13. The fraction of sp³-hybridized carbons (Fsp3) is 0.273. The van der Waals surface area contributed by atoms with E-state index in [1.165, 1.54) is 13.0 Å². The summed E-state index contributed by atoms with van der Waals surface area (Å²) in [6.45, 7) is 5.74. The van der Waals surface area contributed by atoms with Crippen LogP contribution in [0.4, 0.5) is 19.0 Å². The van der Waals surface area contributed by atoms with Crippen LogP contribution in [0.15, 0.2) is 48.8 Å². The van der Waals surface area contributed by atoms with E-state index in [4.69, 9.17) is 4.74 Å². The minimum absolute atomic E-state index is 0.200. The van der Waals surface area contributed by atoms with Crippen LogP contribution in [-0.2, 0) is 6.18 Å². The predicted octanol–water partition coefficient (Wildman–Crippen LogP) is 5.78. The Morgan fingerprint density at radius 2 is 2.00 bits per heavy atom. The number of hydrogen-bond acceptors (Lipinski definition) is 4. The Kier molecular flexibility index (Phi) is 5.01. The summed E-state index contributed by atoms with van der Waals surface area (Å²) in [4.78, 5) is 8.86. The number of aromatic nitrogens is 3. The van der Waals surface area contributed by atoms with Crippen molar-refractivity contribution in [3.05, 3.63) is 65.5 Å². The molecule has 4 rings (SSSR count). The molecule has 0 spiro atoms. The molecule has 2 aromatic heterocycles. The molecule has 0 amide bonds. The second kappa shape index (κ2) is 7.51. The van der Waals surface area contributed by atoms with Gasteiger partial charge in [-0.15, -0.1) is 0 Å². The summed E-state index contributed by atoms with van der Waals surface area (Å²) in [6, 6.07) is 9.49. The molecule has 156 valence electrons. The number of imidazole rings is 1. The van der Waals surface area contributed by atoms with Crippen LogP contribution < -0.4 is 10.1 Å². The van der Waals surface area contributed by atoms with E-state index in [1.54, 1.807) is 12.3 Å². The lowest BCUT2D eigenvalue weighted by atomic mass is 9.97. The van der Waals surface area contributed by atoms with Gasteiger partial charge in [-0.1, -0.05) is 12.1 Å². The average Bonchev–Trinajstić information content (AvgIpc) is 3.16. The van der Waals surface area contributed by atoms with Gasteiger partial charge in [0.1, 0.15) is 11.6 Å². The van der Waals surface area contributed by atoms with Crippen LogP contribution in [-0.4, -0.2) is 21.0 Å². The van der Waals surface area contributed by atoms with E-state index in [-0.39, 0.29) is 5.56 Å². The number of rotatable bonds is 5. The molecular weight excluding hydrogens is 393 g/mol. The van der Waals surface area contributed by atoms with E-state index >= 15 is 0 Å². The van der Waals surface area contributed by atoms with Crippen molar-refractivity contribution in [2.75, 3.05) is 11.9 Å². The van der Waals surface area contributed by atoms with Crippen molar-refractivity contribution in [2.24, 2.45) is 0 Å². The Labute approximate surface area is 171 Å². The lowest BCUT2D eigenvalue weighted by Gasteiger charge is -2.21. The van der Waals surface area contributed by atoms with Crippen LogP contribution in [0, 0.1) is 6.92 Å². The van der Waals surface area contributed by atoms with E-state index in [0.29, 0.717) is 29.5 Å². The van der Waals surface area contributed by atoms with Crippen LogP contribution in [0.2, 0.25) is 0 Å². The van der Waals surface area contributed by atoms with Crippen LogP contribution in [0.25, 0.3) is 16.7 Å². The zero-order valence-electron chi connectivity index (χ0n) is 16.8. The first-order valence-corrected chi connectivity index (χ1v) is 9.62. The molecule has 8 heteroatoms. The number of fused-ring (bicyclic) bond motifs is 3. The van der Waals surface area contributed by atoms with Crippen molar-refractivity contribution in [1.82, 2.24) is 14.4 Å². The van der Waals surface area contributed by atoms with Crippen LogP contribution in [0.1, 0.15) is 36.6 Å². The van der Waals surface area contributed by atoms with Crippen molar-refractivity contribution in [1.29, 1.82) is 0 Å². The molecule has 0 aliphatic rings. The Bertz CT molecular complexity index is 1220. The zero-order chi connectivity index (χ0) is 21.5. The molecule has 0 aliphatic carbocycles. The quantitative estimate of drug-likeness (QED) is 0.450. The number of ether oxygens (including phenoxy) is 1. The maximum atomic E-state index is 13.3. The molecule has 0 saturated carbocycles. The normalized spacial score (nSPS) is 13.0. The standard InChI is InChI=1S/C22H21F3N4O/c1-4-30-15-8-9-19-17(12-15)20(28-21-26-10-11-29(19)21)27-14(3)16-6-5-7-18(13(16)2)22(23,24)25/h5-12,14H,4H2,1-3H3,(H,26,27,28)/t14-/m1/s1. The summed E-state index contributed by atoms with van der Waals surface area (Å²) in [5, 5.41) is 4.08. The van der Waals surface area contributed by atoms with Crippen LogP contribution >= 0.6 is 0 Å². The Balaban J connectivity index is 1.80. The van der Waals surface area contributed by atoms with E-state index in [2.05, 4.69) is 15.3 Å². The topological polar surface area (TPSA) is 51.5 Å². The Morgan fingerprint density at radius 1 is 1.20 bits per heavy atom. The second-order valence-electron chi connectivity index (χ2n) is 7.05. The first-order chi connectivity index (χ1) is 14.3. The molecule has 0 fully saturated rings. The SMILES string of the molecule is CCOc1ccc2c(c1)c(N[C@H](C)c1cccc(C(F)(F)F)c1C)nc1nccn12. The molecule has 0 bridgehead atoms. The summed E-state index contributed by atoms with van der Waals surface area (Å²) in [6.07, 6.45) is -0.927. The van der Waals surface area contributed by atoms with Gasteiger partial charge in [-0.2, -0.15) is 18.2 Å². The highest BCUT2D eigenvalue weighted by Gasteiger charge is 2.33. The van der Waals surface area contributed by atoms with Gasteiger partial charge in [-0.25, -0.2) is 4.98 Å². The molecule has 0 unspecified atom stereocenters. The minimum Gasteiger partial charge on any atom is -0.494 e. The molecule has 5 nitrogen and oxygen atoms in total. The molecule has 0 radical (unpaired) electrons. The van der Waals surface area contributed by atoms with Crippen molar-refractivity contribution >= 4 is 22.5 Å². The Hall–Kier alpha value is -3.29. The highest BCUT2D eigenvalue weighted by molar-refractivity contribution is 5.92. The van der Waals surface area contributed by atoms with Crippen molar-refractivity contribution < 1.29 is 17.9 Å². The van der Waals surface area contributed by atoms with Gasteiger partial charge in [0.25, 0.3) is 0 Å². The van der Waals surface area contributed by atoms with Crippen molar-refractivity contribution in [3.63, 3.8) is 0 Å². The largest absolute Gasteiger partial charge is 0.494 e. The molecular formula is C22H21F3N4O. The highest BCUT2D eigenvalue weighted by atomic mass is 19.4. The third kappa shape index (κ3) is 3.53. The number of benzene rings is 2. The second-order valence-corrected chi connectivity index (χ2v) is 7.05. The maximum Gasteiger partial charge on any atom is 0.416 e. The zero-order valence-corrected chi connectivity index (χ0v) is 16.8. The van der Waals surface area contributed by atoms with E-state index in [9.17, 15) is 13.2 Å². The average molecular weight is 414 g/mol. The molecule has 1 N–H and O–H groups in total. The van der Waals surface area contributed by atoms with Gasteiger partial charge in [-0.05, 0) is 56.2 Å². The predicted molar refractivity (Wildman–Crippen MR) is 110 cm³/mol. The van der Waals surface area contributed by atoms with Gasteiger partial charge < -0.3 is 10.1 Å². The van der Waals surface area contributed by atoms with E-state index in [0.717, 1.165) is 17.0 Å². The molecule has 30 heavy (non-hydrogen) atoms. The molecule has 2 aromatic carbocycles. The summed E-state index contributed by atoms with van der Waals surface area (Å²) in [7, 11) is 0. The van der Waals surface area contributed by atoms with E-state index in [1.807, 2.05) is 42.6 Å². The lowest BCUT2D eigenvalue weighted by molar-refractivity contribution is -0.138. The van der Waals surface area contributed by atoms with Gasteiger partial charge in [-0.3, -0.25) is 4.40 Å². The minimum atomic E-state index is -4.40.